The van der Waals surface area contributed by atoms with E-state index in [4.69, 9.17) is 0 Å². The average Bonchev–Trinajstić information content (AvgIpc) is 2.52. The zero-order valence-corrected chi connectivity index (χ0v) is 13.5. The maximum absolute atomic E-state index is 12.4. The van der Waals surface area contributed by atoms with Crippen LogP contribution in [-0.4, -0.2) is 55.7 Å². The van der Waals surface area contributed by atoms with Crippen LogP contribution in [0.2, 0.25) is 0 Å². The topological polar surface area (TPSA) is 49.9 Å². The molecule has 2 rings (SSSR count). The number of benzene rings is 1. The first kappa shape index (κ1) is 18.1. The van der Waals surface area contributed by atoms with Gasteiger partial charge in [-0.2, -0.15) is 13.2 Å². The molecule has 0 spiro atoms. The number of rotatable bonds is 3. The minimum atomic E-state index is -4.49. The van der Waals surface area contributed by atoms with Gasteiger partial charge in [0.25, 0.3) is 0 Å². The summed E-state index contributed by atoms with van der Waals surface area (Å²) in [6, 6.07) is 6.45. The van der Waals surface area contributed by atoms with E-state index >= 15 is 0 Å². The van der Waals surface area contributed by atoms with E-state index in [9.17, 15) is 22.8 Å². The third-order valence-corrected chi connectivity index (χ3v) is 3.95. The standard InChI is InChI=1S/C16H19F3N2O3/c1-11-10-20(7-8-21(11)14(22)9-16(17,18)19)13-5-3-12(4-6-13)15(23)24-2/h3-6,11H,7-10H2,1-2H3. The van der Waals surface area contributed by atoms with Crippen molar-refractivity contribution in [1.82, 2.24) is 4.90 Å². The van der Waals surface area contributed by atoms with Gasteiger partial charge in [-0.3, -0.25) is 4.79 Å². The Balaban J connectivity index is 2.00. The molecule has 1 fully saturated rings. The number of carbonyl (C=O) groups is 2. The summed E-state index contributed by atoms with van der Waals surface area (Å²) in [6.45, 7) is 2.82. The minimum absolute atomic E-state index is 0.231. The molecule has 24 heavy (non-hydrogen) atoms. The molecular weight excluding hydrogens is 325 g/mol. The van der Waals surface area contributed by atoms with Crippen LogP contribution in [0, 0.1) is 0 Å². The monoisotopic (exact) mass is 344 g/mol. The SMILES string of the molecule is COC(=O)c1ccc(N2CCN(C(=O)CC(F)(F)F)C(C)C2)cc1. The fourth-order valence-electron chi connectivity index (χ4n) is 2.76. The predicted octanol–water partition coefficient (Wildman–Crippen LogP) is 2.46. The molecule has 1 saturated heterocycles. The van der Waals surface area contributed by atoms with Crippen molar-refractivity contribution in [2.24, 2.45) is 0 Å². The lowest BCUT2D eigenvalue weighted by molar-refractivity contribution is -0.163. The van der Waals surface area contributed by atoms with Gasteiger partial charge in [-0.15, -0.1) is 0 Å². The molecule has 0 aliphatic carbocycles. The third-order valence-electron chi connectivity index (χ3n) is 3.95. The molecule has 0 aromatic heterocycles. The number of halogens is 3. The molecule has 1 aliphatic rings. The molecule has 0 N–H and O–H groups in total. The number of anilines is 1. The van der Waals surface area contributed by atoms with Crippen LogP contribution < -0.4 is 4.90 Å². The molecule has 1 aromatic carbocycles. The Morgan fingerprint density at radius 1 is 1.21 bits per heavy atom. The van der Waals surface area contributed by atoms with Crippen molar-refractivity contribution in [3.63, 3.8) is 0 Å². The van der Waals surface area contributed by atoms with E-state index in [1.807, 2.05) is 4.90 Å². The highest BCUT2D eigenvalue weighted by molar-refractivity contribution is 5.89. The molecule has 8 heteroatoms. The van der Waals surface area contributed by atoms with E-state index in [0.29, 0.717) is 18.7 Å². The van der Waals surface area contributed by atoms with Gasteiger partial charge in [0.1, 0.15) is 6.42 Å². The van der Waals surface area contributed by atoms with Crippen LogP contribution in [0.15, 0.2) is 24.3 Å². The van der Waals surface area contributed by atoms with Gasteiger partial charge in [-0.25, -0.2) is 4.79 Å². The van der Waals surface area contributed by atoms with Gasteiger partial charge in [0, 0.05) is 31.4 Å². The van der Waals surface area contributed by atoms with Gasteiger partial charge in [0.05, 0.1) is 12.7 Å². The van der Waals surface area contributed by atoms with Gasteiger partial charge in [-0.05, 0) is 31.2 Å². The van der Waals surface area contributed by atoms with E-state index in [0.717, 1.165) is 5.69 Å². The molecule has 132 valence electrons. The third kappa shape index (κ3) is 4.39. The van der Waals surface area contributed by atoms with Gasteiger partial charge < -0.3 is 14.5 Å². The zero-order chi connectivity index (χ0) is 17.9. The number of alkyl halides is 3. The molecule has 0 bridgehead atoms. The number of methoxy groups -OCH3 is 1. The summed E-state index contributed by atoms with van der Waals surface area (Å²) in [6.07, 6.45) is -5.91. The maximum Gasteiger partial charge on any atom is 0.397 e. The van der Waals surface area contributed by atoms with Crippen LogP contribution in [0.25, 0.3) is 0 Å². The Kier molecular flexibility index (Phi) is 5.36. The van der Waals surface area contributed by atoms with Crippen LogP contribution in [-0.2, 0) is 9.53 Å². The quantitative estimate of drug-likeness (QED) is 0.791. The van der Waals surface area contributed by atoms with E-state index in [-0.39, 0.29) is 12.6 Å². The molecule has 1 amide bonds. The summed E-state index contributed by atoms with van der Waals surface area (Å²) in [7, 11) is 1.30. The number of esters is 1. The summed E-state index contributed by atoms with van der Waals surface area (Å²) >= 11 is 0. The summed E-state index contributed by atoms with van der Waals surface area (Å²) in [4.78, 5) is 26.4. The van der Waals surface area contributed by atoms with E-state index in [1.54, 1.807) is 31.2 Å². The molecule has 1 unspecified atom stereocenters. The number of amides is 1. The highest BCUT2D eigenvalue weighted by Gasteiger charge is 2.36. The van der Waals surface area contributed by atoms with Gasteiger partial charge in [-0.1, -0.05) is 0 Å². The number of piperazine rings is 1. The Hall–Kier alpha value is -2.25. The first-order valence-corrected chi connectivity index (χ1v) is 7.51. The van der Waals surface area contributed by atoms with E-state index in [2.05, 4.69) is 4.74 Å². The van der Waals surface area contributed by atoms with Crippen LogP contribution in [0.4, 0.5) is 18.9 Å². The Bertz CT molecular complexity index is 602. The first-order chi connectivity index (χ1) is 11.2. The second-order valence-electron chi connectivity index (χ2n) is 5.71. The first-order valence-electron chi connectivity index (χ1n) is 7.51. The predicted molar refractivity (Wildman–Crippen MR) is 81.8 cm³/mol. The molecule has 1 atom stereocenters. The van der Waals surface area contributed by atoms with Crippen molar-refractivity contribution in [3.8, 4) is 0 Å². The molecule has 0 radical (unpaired) electrons. The largest absolute Gasteiger partial charge is 0.465 e. The molecule has 5 nitrogen and oxygen atoms in total. The average molecular weight is 344 g/mol. The summed E-state index contributed by atoms with van der Waals surface area (Å²) in [5, 5.41) is 0. The lowest BCUT2D eigenvalue weighted by Crippen LogP contribution is -2.54. The fraction of sp³-hybridized carbons (Fsp3) is 0.500. The van der Waals surface area contributed by atoms with E-state index in [1.165, 1.54) is 12.0 Å². The number of hydrogen-bond acceptors (Lipinski definition) is 4. The Morgan fingerprint density at radius 2 is 1.83 bits per heavy atom. The normalized spacial score (nSPS) is 18.5. The zero-order valence-electron chi connectivity index (χ0n) is 13.5. The van der Waals surface area contributed by atoms with E-state index < -0.39 is 24.5 Å². The molecule has 1 aromatic rings. The fourth-order valence-corrected chi connectivity index (χ4v) is 2.76. The lowest BCUT2D eigenvalue weighted by atomic mass is 10.1. The molecule has 1 aliphatic heterocycles. The number of nitrogens with zero attached hydrogens (tertiary/aromatic N) is 2. The Morgan fingerprint density at radius 3 is 2.33 bits per heavy atom. The molecular formula is C16H19F3N2O3. The highest BCUT2D eigenvalue weighted by Crippen LogP contribution is 2.24. The number of carbonyl (C=O) groups excluding carboxylic acids is 2. The second-order valence-corrected chi connectivity index (χ2v) is 5.71. The van der Waals surface area contributed by atoms with Gasteiger partial charge in [0.15, 0.2) is 0 Å². The second kappa shape index (κ2) is 7.11. The van der Waals surface area contributed by atoms with Crippen LogP contribution >= 0.6 is 0 Å². The van der Waals surface area contributed by atoms with Crippen LogP contribution in [0.3, 0.4) is 0 Å². The highest BCUT2D eigenvalue weighted by atomic mass is 19.4. The number of ether oxygens (including phenoxy) is 1. The van der Waals surface area contributed by atoms with Crippen molar-refractivity contribution in [2.75, 3.05) is 31.6 Å². The van der Waals surface area contributed by atoms with Crippen LogP contribution in [0.1, 0.15) is 23.7 Å². The molecule has 0 saturated carbocycles. The van der Waals surface area contributed by atoms with Crippen LogP contribution in [0.5, 0.6) is 0 Å². The molecule has 1 heterocycles. The van der Waals surface area contributed by atoms with Crippen molar-refractivity contribution < 1.29 is 27.5 Å². The van der Waals surface area contributed by atoms with Crippen molar-refractivity contribution in [1.29, 1.82) is 0 Å². The van der Waals surface area contributed by atoms with Crippen molar-refractivity contribution >= 4 is 17.6 Å². The smallest absolute Gasteiger partial charge is 0.397 e. The summed E-state index contributed by atoms with van der Waals surface area (Å²) in [5.74, 6) is -1.33. The Labute approximate surface area is 138 Å². The summed E-state index contributed by atoms with van der Waals surface area (Å²) < 4.78 is 41.7. The van der Waals surface area contributed by atoms with Gasteiger partial charge in [0.2, 0.25) is 5.91 Å². The lowest BCUT2D eigenvalue weighted by Gasteiger charge is -2.41. The van der Waals surface area contributed by atoms with Crippen molar-refractivity contribution in [2.45, 2.75) is 25.6 Å². The van der Waals surface area contributed by atoms with Gasteiger partial charge >= 0.3 is 12.1 Å². The summed E-state index contributed by atoms with van der Waals surface area (Å²) in [5.41, 5.74) is 1.27. The maximum atomic E-state index is 12.4. The van der Waals surface area contributed by atoms with Crippen molar-refractivity contribution in [3.05, 3.63) is 29.8 Å². The minimum Gasteiger partial charge on any atom is -0.465 e. The number of hydrogen-bond donors (Lipinski definition) is 0.